The smallest absolute Gasteiger partial charge is 0.165 e. The van der Waals surface area contributed by atoms with Gasteiger partial charge in [0, 0.05) is 4.47 Å². The number of aryl methyl sites for hydroxylation is 1. The first-order chi connectivity index (χ1) is 9.10. The lowest BCUT2D eigenvalue weighted by atomic mass is 10.2. The normalized spacial score (nSPS) is 10.3. The molecule has 100 valence electrons. The molecule has 0 radical (unpaired) electrons. The number of benzene rings is 2. The summed E-state index contributed by atoms with van der Waals surface area (Å²) < 4.78 is 25.0. The van der Waals surface area contributed by atoms with Crippen LogP contribution in [0.5, 0.6) is 11.5 Å². The van der Waals surface area contributed by atoms with Gasteiger partial charge in [-0.25, -0.2) is 4.39 Å². The maximum absolute atomic E-state index is 13.5. The number of halogens is 2. The van der Waals surface area contributed by atoms with Gasteiger partial charge in [0.1, 0.15) is 12.4 Å². The van der Waals surface area contributed by atoms with E-state index < -0.39 is 0 Å². The Morgan fingerprint density at radius 2 is 1.95 bits per heavy atom. The highest BCUT2D eigenvalue weighted by atomic mass is 79.9. The van der Waals surface area contributed by atoms with Crippen LogP contribution in [-0.4, -0.2) is 7.11 Å². The third-order valence-electron chi connectivity index (χ3n) is 2.75. The van der Waals surface area contributed by atoms with Gasteiger partial charge in [-0.05, 0) is 48.4 Å². The van der Waals surface area contributed by atoms with E-state index in [1.807, 2.05) is 25.1 Å². The zero-order valence-corrected chi connectivity index (χ0v) is 12.3. The van der Waals surface area contributed by atoms with Crippen LogP contribution >= 0.6 is 15.9 Å². The van der Waals surface area contributed by atoms with Crippen LogP contribution in [0.2, 0.25) is 0 Å². The van der Waals surface area contributed by atoms with Gasteiger partial charge >= 0.3 is 0 Å². The van der Waals surface area contributed by atoms with Gasteiger partial charge in [-0.15, -0.1) is 0 Å². The number of hydrogen-bond donors (Lipinski definition) is 0. The van der Waals surface area contributed by atoms with Crippen LogP contribution in [0, 0.1) is 12.7 Å². The van der Waals surface area contributed by atoms with E-state index in [1.54, 1.807) is 12.1 Å². The summed E-state index contributed by atoms with van der Waals surface area (Å²) in [4.78, 5) is 0. The molecule has 0 spiro atoms. The maximum Gasteiger partial charge on any atom is 0.165 e. The van der Waals surface area contributed by atoms with Crippen molar-refractivity contribution in [1.82, 2.24) is 0 Å². The van der Waals surface area contributed by atoms with Crippen molar-refractivity contribution >= 4 is 15.9 Å². The number of ether oxygens (including phenoxy) is 2. The van der Waals surface area contributed by atoms with E-state index in [2.05, 4.69) is 15.9 Å². The van der Waals surface area contributed by atoms with Gasteiger partial charge in [0.05, 0.1) is 7.11 Å². The van der Waals surface area contributed by atoms with Gasteiger partial charge in [0.25, 0.3) is 0 Å². The van der Waals surface area contributed by atoms with Crippen LogP contribution in [0.4, 0.5) is 4.39 Å². The molecule has 0 amide bonds. The van der Waals surface area contributed by atoms with Crippen LogP contribution < -0.4 is 9.47 Å². The van der Waals surface area contributed by atoms with Crippen molar-refractivity contribution in [3.63, 3.8) is 0 Å². The molecule has 2 rings (SSSR count). The standard InChI is InChI=1S/C15H14BrFO2/c1-10-7-12(4-5-13(10)16)19-9-11-3-6-15(18-2)14(17)8-11/h3-8H,9H2,1-2H3. The fraction of sp³-hybridized carbons (Fsp3) is 0.200. The molecule has 0 N–H and O–H groups in total. The summed E-state index contributed by atoms with van der Waals surface area (Å²) in [5.41, 5.74) is 1.86. The topological polar surface area (TPSA) is 18.5 Å². The van der Waals surface area contributed by atoms with E-state index in [1.165, 1.54) is 13.2 Å². The first kappa shape index (κ1) is 13.9. The minimum Gasteiger partial charge on any atom is -0.494 e. The molecule has 0 unspecified atom stereocenters. The lowest BCUT2D eigenvalue weighted by molar-refractivity contribution is 0.304. The zero-order valence-electron chi connectivity index (χ0n) is 10.7. The molecular weight excluding hydrogens is 311 g/mol. The Morgan fingerprint density at radius 3 is 2.58 bits per heavy atom. The first-order valence-corrected chi connectivity index (χ1v) is 6.61. The van der Waals surface area contributed by atoms with Gasteiger partial charge in [0.2, 0.25) is 0 Å². The quantitative estimate of drug-likeness (QED) is 0.825. The molecule has 0 fully saturated rings. The molecule has 0 aliphatic carbocycles. The van der Waals surface area contributed by atoms with E-state index in [0.29, 0.717) is 6.61 Å². The van der Waals surface area contributed by atoms with Crippen LogP contribution in [-0.2, 0) is 6.61 Å². The van der Waals surface area contributed by atoms with Gasteiger partial charge in [-0.1, -0.05) is 22.0 Å². The van der Waals surface area contributed by atoms with Crippen LogP contribution in [0.25, 0.3) is 0 Å². The fourth-order valence-corrected chi connectivity index (χ4v) is 1.92. The highest BCUT2D eigenvalue weighted by molar-refractivity contribution is 9.10. The number of hydrogen-bond acceptors (Lipinski definition) is 2. The first-order valence-electron chi connectivity index (χ1n) is 5.81. The summed E-state index contributed by atoms with van der Waals surface area (Å²) >= 11 is 3.43. The molecule has 0 atom stereocenters. The molecule has 2 nitrogen and oxygen atoms in total. The lowest BCUT2D eigenvalue weighted by Crippen LogP contribution is -1.97. The lowest BCUT2D eigenvalue weighted by Gasteiger charge is -2.09. The minimum atomic E-state index is -0.379. The maximum atomic E-state index is 13.5. The summed E-state index contributed by atoms with van der Waals surface area (Å²) in [7, 11) is 1.44. The summed E-state index contributed by atoms with van der Waals surface area (Å²) in [5, 5.41) is 0. The van der Waals surface area contributed by atoms with Crippen LogP contribution in [0.15, 0.2) is 40.9 Å². The molecule has 4 heteroatoms. The Hall–Kier alpha value is -1.55. The highest BCUT2D eigenvalue weighted by Crippen LogP contribution is 2.23. The van der Waals surface area contributed by atoms with E-state index >= 15 is 0 Å². The van der Waals surface area contributed by atoms with E-state index in [0.717, 1.165) is 21.3 Å². The molecule has 0 heterocycles. The monoisotopic (exact) mass is 324 g/mol. The van der Waals surface area contributed by atoms with Gasteiger partial charge in [-0.2, -0.15) is 0 Å². The molecule has 0 saturated heterocycles. The Balaban J connectivity index is 2.05. The largest absolute Gasteiger partial charge is 0.494 e. The average Bonchev–Trinajstić information content (AvgIpc) is 2.40. The van der Waals surface area contributed by atoms with E-state index in [4.69, 9.17) is 9.47 Å². The molecule has 0 aliphatic heterocycles. The third kappa shape index (κ3) is 3.47. The second-order valence-corrected chi connectivity index (χ2v) is 5.02. The minimum absolute atomic E-state index is 0.239. The zero-order chi connectivity index (χ0) is 13.8. The predicted octanol–water partition coefficient (Wildman–Crippen LogP) is 4.48. The highest BCUT2D eigenvalue weighted by Gasteiger charge is 2.04. The van der Waals surface area contributed by atoms with Crippen LogP contribution in [0.1, 0.15) is 11.1 Å². The molecule has 0 bridgehead atoms. The van der Waals surface area contributed by atoms with Crippen molar-refractivity contribution in [3.8, 4) is 11.5 Å². The second kappa shape index (κ2) is 6.06. The molecule has 2 aromatic rings. The molecular formula is C15H14BrFO2. The van der Waals surface area contributed by atoms with Crippen molar-refractivity contribution in [2.24, 2.45) is 0 Å². The third-order valence-corrected chi connectivity index (χ3v) is 3.64. The van der Waals surface area contributed by atoms with Crippen molar-refractivity contribution in [2.45, 2.75) is 13.5 Å². The SMILES string of the molecule is COc1ccc(COc2ccc(Br)c(C)c2)cc1F. The summed E-state index contributed by atoms with van der Waals surface area (Å²) in [5.74, 6) is 0.621. The predicted molar refractivity (Wildman–Crippen MR) is 76.2 cm³/mol. The fourth-order valence-electron chi connectivity index (χ4n) is 1.67. The Morgan fingerprint density at radius 1 is 1.16 bits per heavy atom. The van der Waals surface area contributed by atoms with Gasteiger partial charge in [0.15, 0.2) is 11.6 Å². The molecule has 2 aromatic carbocycles. The van der Waals surface area contributed by atoms with Crippen molar-refractivity contribution in [2.75, 3.05) is 7.11 Å². The Labute approximate surface area is 120 Å². The van der Waals surface area contributed by atoms with E-state index in [9.17, 15) is 4.39 Å². The van der Waals surface area contributed by atoms with Gasteiger partial charge in [-0.3, -0.25) is 0 Å². The van der Waals surface area contributed by atoms with Gasteiger partial charge < -0.3 is 9.47 Å². The van der Waals surface area contributed by atoms with E-state index in [-0.39, 0.29) is 11.6 Å². The number of methoxy groups -OCH3 is 1. The van der Waals surface area contributed by atoms with Crippen LogP contribution in [0.3, 0.4) is 0 Å². The summed E-state index contributed by atoms with van der Waals surface area (Å²) in [6, 6.07) is 10.5. The second-order valence-electron chi connectivity index (χ2n) is 4.17. The molecule has 19 heavy (non-hydrogen) atoms. The summed E-state index contributed by atoms with van der Waals surface area (Å²) in [6.07, 6.45) is 0. The molecule has 0 aromatic heterocycles. The van der Waals surface area contributed by atoms with Crippen molar-refractivity contribution < 1.29 is 13.9 Å². The van der Waals surface area contributed by atoms with Crippen molar-refractivity contribution in [3.05, 3.63) is 57.8 Å². The Kier molecular flexibility index (Phi) is 4.43. The van der Waals surface area contributed by atoms with Crippen molar-refractivity contribution in [1.29, 1.82) is 0 Å². The molecule has 0 aliphatic rings. The Bertz CT molecular complexity index is 584. The molecule has 0 saturated carbocycles. The average molecular weight is 325 g/mol. The summed E-state index contributed by atoms with van der Waals surface area (Å²) in [6.45, 7) is 2.31. The number of rotatable bonds is 4.